The predicted octanol–water partition coefficient (Wildman–Crippen LogP) is 2.98. The van der Waals surface area contributed by atoms with Crippen LogP contribution in [0.15, 0.2) is 34.9 Å². The van der Waals surface area contributed by atoms with Crippen molar-refractivity contribution < 1.29 is 14.3 Å². The third kappa shape index (κ3) is 4.13. The summed E-state index contributed by atoms with van der Waals surface area (Å²) in [6.45, 7) is 6.31. The number of nitrogens with one attached hydrogen (secondary N) is 1. The molecule has 2 N–H and O–H groups in total. The average molecular weight is 300 g/mol. The van der Waals surface area contributed by atoms with E-state index in [1.807, 2.05) is 31.2 Å². The second-order valence-electron chi connectivity index (χ2n) is 5.08. The number of hydrogen-bond donors (Lipinski definition) is 2. The highest BCUT2D eigenvalue weighted by atomic mass is 35.5. The van der Waals surface area contributed by atoms with E-state index in [9.17, 15) is 5.11 Å². The molecule has 2 aromatic rings. The molecular weight excluding hydrogens is 278 g/mol. The predicted molar refractivity (Wildman–Crippen MR) is 82.7 cm³/mol. The normalized spacial score (nSPS) is 14.1. The fourth-order valence-electron chi connectivity index (χ4n) is 2.05. The van der Waals surface area contributed by atoms with E-state index in [0.717, 1.165) is 16.7 Å². The molecule has 0 spiro atoms. The molecule has 0 saturated carbocycles. The molecular formula is C15H22ClNO3. The van der Waals surface area contributed by atoms with E-state index in [4.69, 9.17) is 9.15 Å². The lowest BCUT2D eigenvalue weighted by Crippen LogP contribution is -2.43. The van der Waals surface area contributed by atoms with Gasteiger partial charge in [0, 0.05) is 12.1 Å². The van der Waals surface area contributed by atoms with Crippen LogP contribution in [0.5, 0.6) is 5.75 Å². The summed E-state index contributed by atoms with van der Waals surface area (Å²) in [7, 11) is 0. The van der Waals surface area contributed by atoms with Gasteiger partial charge in [0.2, 0.25) is 0 Å². The maximum atomic E-state index is 10.0. The Balaban J connectivity index is 0.00000200. The van der Waals surface area contributed by atoms with Crippen LogP contribution in [0.25, 0.3) is 11.0 Å². The molecule has 0 aliphatic rings. The summed E-state index contributed by atoms with van der Waals surface area (Å²) in [5.41, 5.74) is 0.792. The molecule has 20 heavy (non-hydrogen) atoms. The number of benzene rings is 1. The first-order valence-electron chi connectivity index (χ1n) is 6.61. The summed E-state index contributed by atoms with van der Waals surface area (Å²) in [4.78, 5) is 0. The van der Waals surface area contributed by atoms with Crippen molar-refractivity contribution in [2.75, 3.05) is 6.61 Å². The molecule has 0 fully saturated rings. The van der Waals surface area contributed by atoms with Crippen molar-refractivity contribution >= 4 is 23.4 Å². The second-order valence-corrected chi connectivity index (χ2v) is 5.08. The maximum Gasteiger partial charge on any atom is 0.137 e. The molecule has 1 aromatic heterocycles. The Bertz CT molecular complexity index is 527. The summed E-state index contributed by atoms with van der Waals surface area (Å²) < 4.78 is 11.0. The third-order valence-electron chi connectivity index (χ3n) is 3.04. The highest BCUT2D eigenvalue weighted by molar-refractivity contribution is 5.85. The molecule has 2 atom stereocenters. The first-order chi connectivity index (χ1) is 9.08. The van der Waals surface area contributed by atoms with E-state index in [2.05, 4.69) is 19.2 Å². The van der Waals surface area contributed by atoms with Crippen LogP contribution < -0.4 is 10.1 Å². The highest BCUT2D eigenvalue weighted by Crippen LogP contribution is 2.26. The molecule has 0 saturated heterocycles. The van der Waals surface area contributed by atoms with Gasteiger partial charge in [-0.3, -0.25) is 0 Å². The minimum Gasteiger partial charge on any atom is -0.490 e. The molecule has 2 unspecified atom stereocenters. The van der Waals surface area contributed by atoms with Gasteiger partial charge >= 0.3 is 0 Å². The van der Waals surface area contributed by atoms with Crippen molar-refractivity contribution in [3.8, 4) is 5.75 Å². The van der Waals surface area contributed by atoms with Crippen molar-refractivity contribution in [2.45, 2.75) is 39.0 Å². The Morgan fingerprint density at radius 1 is 1.25 bits per heavy atom. The first kappa shape index (κ1) is 16.8. The smallest absolute Gasteiger partial charge is 0.137 e. The van der Waals surface area contributed by atoms with Crippen LogP contribution in [0.4, 0.5) is 0 Å². The third-order valence-corrected chi connectivity index (χ3v) is 3.04. The molecule has 0 radical (unpaired) electrons. The summed E-state index contributed by atoms with van der Waals surface area (Å²) in [5, 5.41) is 14.2. The van der Waals surface area contributed by atoms with Gasteiger partial charge in [0.25, 0.3) is 0 Å². The number of rotatable bonds is 6. The molecule has 0 bridgehead atoms. The Hall–Kier alpha value is -1.23. The van der Waals surface area contributed by atoms with Crippen molar-refractivity contribution in [1.82, 2.24) is 5.32 Å². The molecule has 5 heteroatoms. The standard InChI is InChI=1S/C15H21NO3.ClH/c1-10(2)16-11(3)13(17)9-19-15-6-4-5-14-12(15)7-8-18-14;/h4-8,10-11,13,16-17H,9H2,1-3H3;1H. The monoisotopic (exact) mass is 299 g/mol. The van der Waals surface area contributed by atoms with Crippen LogP contribution in [0.2, 0.25) is 0 Å². The van der Waals surface area contributed by atoms with Crippen molar-refractivity contribution in [3.05, 3.63) is 30.5 Å². The Kier molecular flexibility index (Phi) is 6.33. The van der Waals surface area contributed by atoms with E-state index in [-0.39, 0.29) is 25.1 Å². The highest BCUT2D eigenvalue weighted by Gasteiger charge is 2.16. The van der Waals surface area contributed by atoms with E-state index in [1.165, 1.54) is 0 Å². The fraction of sp³-hybridized carbons (Fsp3) is 0.467. The van der Waals surface area contributed by atoms with Crippen LogP contribution in [-0.2, 0) is 0 Å². The van der Waals surface area contributed by atoms with E-state index < -0.39 is 6.10 Å². The molecule has 1 aromatic carbocycles. The zero-order chi connectivity index (χ0) is 13.8. The van der Waals surface area contributed by atoms with Gasteiger partial charge in [0.1, 0.15) is 24.0 Å². The Morgan fingerprint density at radius 2 is 2.00 bits per heavy atom. The summed E-state index contributed by atoms with van der Waals surface area (Å²) in [5.74, 6) is 0.738. The van der Waals surface area contributed by atoms with Crippen LogP contribution in [-0.4, -0.2) is 29.9 Å². The lowest BCUT2D eigenvalue weighted by molar-refractivity contribution is 0.0765. The van der Waals surface area contributed by atoms with Gasteiger partial charge in [-0.05, 0) is 25.1 Å². The van der Waals surface area contributed by atoms with Crippen molar-refractivity contribution in [2.24, 2.45) is 0 Å². The largest absolute Gasteiger partial charge is 0.490 e. The van der Waals surface area contributed by atoms with Crippen molar-refractivity contribution in [3.63, 3.8) is 0 Å². The lowest BCUT2D eigenvalue weighted by Gasteiger charge is -2.22. The van der Waals surface area contributed by atoms with Gasteiger partial charge in [0.05, 0.1) is 11.6 Å². The molecule has 0 aliphatic carbocycles. The van der Waals surface area contributed by atoms with Gasteiger partial charge < -0.3 is 19.6 Å². The zero-order valence-corrected chi connectivity index (χ0v) is 12.8. The van der Waals surface area contributed by atoms with Crippen LogP contribution in [0.1, 0.15) is 20.8 Å². The molecule has 1 heterocycles. The summed E-state index contributed by atoms with van der Waals surface area (Å²) in [6.07, 6.45) is 1.08. The van der Waals surface area contributed by atoms with Gasteiger partial charge in [-0.2, -0.15) is 0 Å². The van der Waals surface area contributed by atoms with Crippen LogP contribution in [0, 0.1) is 0 Å². The summed E-state index contributed by atoms with van der Waals surface area (Å²) in [6, 6.07) is 7.84. The number of halogens is 1. The number of furan rings is 1. The van der Waals surface area contributed by atoms with Gasteiger partial charge in [-0.1, -0.05) is 19.9 Å². The lowest BCUT2D eigenvalue weighted by atomic mass is 10.2. The molecule has 4 nitrogen and oxygen atoms in total. The quantitative estimate of drug-likeness (QED) is 0.861. The Labute approximate surface area is 125 Å². The van der Waals surface area contributed by atoms with E-state index >= 15 is 0 Å². The van der Waals surface area contributed by atoms with Gasteiger partial charge in [-0.25, -0.2) is 0 Å². The van der Waals surface area contributed by atoms with Crippen molar-refractivity contribution in [1.29, 1.82) is 0 Å². The average Bonchev–Trinajstić information content (AvgIpc) is 2.83. The maximum absolute atomic E-state index is 10.0. The number of aliphatic hydroxyl groups excluding tert-OH is 1. The minimum absolute atomic E-state index is 0. The number of fused-ring (bicyclic) bond motifs is 1. The molecule has 112 valence electrons. The van der Waals surface area contributed by atoms with Gasteiger partial charge in [-0.15, -0.1) is 12.4 Å². The fourth-order valence-corrected chi connectivity index (χ4v) is 2.05. The number of hydrogen-bond acceptors (Lipinski definition) is 4. The van der Waals surface area contributed by atoms with Crippen LogP contribution >= 0.6 is 12.4 Å². The topological polar surface area (TPSA) is 54.6 Å². The second kappa shape index (κ2) is 7.53. The summed E-state index contributed by atoms with van der Waals surface area (Å²) >= 11 is 0. The number of aliphatic hydroxyl groups is 1. The zero-order valence-electron chi connectivity index (χ0n) is 12.0. The van der Waals surface area contributed by atoms with Crippen LogP contribution in [0.3, 0.4) is 0 Å². The van der Waals surface area contributed by atoms with E-state index in [1.54, 1.807) is 6.26 Å². The first-order valence-corrected chi connectivity index (χ1v) is 6.61. The van der Waals surface area contributed by atoms with E-state index in [0.29, 0.717) is 6.04 Å². The minimum atomic E-state index is -0.551. The SMILES string of the molecule is CC(C)NC(C)C(O)COc1cccc2occc12.Cl. The molecule has 0 amide bonds. The van der Waals surface area contributed by atoms with Gasteiger partial charge in [0.15, 0.2) is 0 Å². The Morgan fingerprint density at radius 3 is 2.70 bits per heavy atom. The molecule has 2 rings (SSSR count). The molecule has 0 aliphatic heterocycles. The number of ether oxygens (including phenoxy) is 1.